The number of nitrogens with zero attached hydrogens (tertiary/aromatic N) is 3. The van der Waals surface area contributed by atoms with E-state index in [0.29, 0.717) is 6.42 Å². The molecular weight excluding hydrogens is 390 g/mol. The zero-order chi connectivity index (χ0) is 19.8. The molecule has 0 N–H and O–H groups in total. The number of benzene rings is 1. The molecule has 0 aliphatic heterocycles. The van der Waals surface area contributed by atoms with Crippen LogP contribution in [0.1, 0.15) is 32.7 Å². The molecule has 0 saturated carbocycles. The van der Waals surface area contributed by atoms with Crippen molar-refractivity contribution in [2.45, 2.75) is 34.1 Å². The maximum Gasteiger partial charge on any atom is 0.141 e. The van der Waals surface area contributed by atoms with Gasteiger partial charge in [-0.2, -0.15) is 0 Å². The number of methoxy groups -OCH3 is 1. The summed E-state index contributed by atoms with van der Waals surface area (Å²) >= 11 is 3.36. The topological polar surface area (TPSA) is 61.0 Å². The Balaban J connectivity index is 1.68. The summed E-state index contributed by atoms with van der Waals surface area (Å²) < 4.78 is 10.9. The molecule has 0 bridgehead atoms. The summed E-state index contributed by atoms with van der Waals surface area (Å²) in [6.07, 6.45) is 0.710. The fourth-order valence-electron chi connectivity index (χ4n) is 3.40. The molecule has 0 amide bonds. The van der Waals surface area contributed by atoms with Crippen molar-refractivity contribution in [2.75, 3.05) is 7.11 Å². The van der Waals surface area contributed by atoms with E-state index in [1.807, 2.05) is 39.8 Å². The molecule has 3 heterocycles. The van der Waals surface area contributed by atoms with E-state index in [9.17, 15) is 0 Å². The summed E-state index contributed by atoms with van der Waals surface area (Å²) in [5, 5.41) is 8.30. The van der Waals surface area contributed by atoms with Crippen molar-refractivity contribution >= 4 is 22.7 Å². The van der Waals surface area contributed by atoms with Gasteiger partial charge in [0.15, 0.2) is 0 Å². The van der Waals surface area contributed by atoms with Crippen LogP contribution < -0.4 is 4.74 Å². The third kappa shape index (κ3) is 3.47. The van der Waals surface area contributed by atoms with Crippen molar-refractivity contribution in [2.24, 2.45) is 0 Å². The number of hydrogen-bond donors (Lipinski definition) is 0. The molecule has 0 unspecified atom stereocenters. The number of aryl methyl sites for hydroxylation is 4. The van der Waals surface area contributed by atoms with E-state index in [2.05, 4.69) is 21.6 Å². The molecular formula is C21H21N3O2S2. The molecule has 0 aliphatic carbocycles. The minimum atomic E-state index is 0.710. The SMILES string of the molecule is COc1ccc(-c2c(C)noc2C)cc1Cc1nc(-c2sc(C)nc2C)cs1. The molecule has 0 saturated heterocycles. The highest BCUT2D eigenvalue weighted by Crippen LogP contribution is 2.34. The summed E-state index contributed by atoms with van der Waals surface area (Å²) in [7, 11) is 1.70. The Morgan fingerprint density at radius 1 is 1.07 bits per heavy atom. The van der Waals surface area contributed by atoms with Crippen LogP contribution in [0.5, 0.6) is 5.75 Å². The van der Waals surface area contributed by atoms with Gasteiger partial charge in [0.05, 0.1) is 39.1 Å². The molecule has 0 spiro atoms. The van der Waals surface area contributed by atoms with Crippen LogP contribution in [0.25, 0.3) is 21.7 Å². The summed E-state index contributed by atoms with van der Waals surface area (Å²) in [6, 6.07) is 6.20. The summed E-state index contributed by atoms with van der Waals surface area (Å²) in [4.78, 5) is 10.5. The largest absolute Gasteiger partial charge is 0.496 e. The molecule has 3 aromatic heterocycles. The first-order chi connectivity index (χ1) is 13.5. The van der Waals surface area contributed by atoms with E-state index in [1.54, 1.807) is 29.8 Å². The van der Waals surface area contributed by atoms with Crippen LogP contribution in [0.3, 0.4) is 0 Å². The highest BCUT2D eigenvalue weighted by molar-refractivity contribution is 7.16. The predicted molar refractivity (Wildman–Crippen MR) is 113 cm³/mol. The zero-order valence-electron chi connectivity index (χ0n) is 16.5. The number of hydrogen-bond acceptors (Lipinski definition) is 7. The number of rotatable bonds is 5. The molecule has 5 nitrogen and oxygen atoms in total. The first-order valence-electron chi connectivity index (χ1n) is 8.95. The highest BCUT2D eigenvalue weighted by Gasteiger charge is 2.16. The van der Waals surface area contributed by atoms with Gasteiger partial charge >= 0.3 is 0 Å². The normalized spacial score (nSPS) is 11.2. The lowest BCUT2D eigenvalue weighted by Crippen LogP contribution is -1.95. The Morgan fingerprint density at radius 3 is 2.54 bits per heavy atom. The van der Waals surface area contributed by atoms with E-state index >= 15 is 0 Å². The van der Waals surface area contributed by atoms with E-state index in [0.717, 1.165) is 60.2 Å². The molecule has 28 heavy (non-hydrogen) atoms. The first-order valence-corrected chi connectivity index (χ1v) is 10.6. The molecule has 0 radical (unpaired) electrons. The minimum Gasteiger partial charge on any atom is -0.496 e. The molecule has 0 aliphatic rings. The van der Waals surface area contributed by atoms with Gasteiger partial charge in [0.25, 0.3) is 0 Å². The van der Waals surface area contributed by atoms with Gasteiger partial charge in [0.1, 0.15) is 11.5 Å². The minimum absolute atomic E-state index is 0.710. The van der Waals surface area contributed by atoms with Gasteiger partial charge in [-0.05, 0) is 45.4 Å². The fourth-order valence-corrected chi connectivity index (χ4v) is 5.16. The lowest BCUT2D eigenvalue weighted by molar-refractivity contribution is 0.393. The van der Waals surface area contributed by atoms with E-state index in [1.165, 1.54) is 0 Å². The van der Waals surface area contributed by atoms with Crippen LogP contribution in [0, 0.1) is 27.7 Å². The molecule has 0 fully saturated rings. The average Bonchev–Trinajstić information content (AvgIpc) is 3.34. The standard InChI is InChI=1S/C21H21N3O2S2/c1-11-20(13(3)26-24-11)15-6-7-18(25-5)16(8-15)9-19-23-17(10-27-19)21-12(2)22-14(4)28-21/h6-8,10H,9H2,1-5H3. The first kappa shape index (κ1) is 18.8. The van der Waals surface area contributed by atoms with E-state index in [4.69, 9.17) is 14.2 Å². The van der Waals surface area contributed by atoms with Crippen LogP contribution >= 0.6 is 22.7 Å². The van der Waals surface area contributed by atoms with Crippen molar-refractivity contribution in [3.05, 3.63) is 56.3 Å². The Labute approximate surface area is 172 Å². The number of aromatic nitrogens is 3. The van der Waals surface area contributed by atoms with Gasteiger partial charge in [-0.15, -0.1) is 22.7 Å². The third-order valence-corrected chi connectivity index (χ3v) is 6.58. The van der Waals surface area contributed by atoms with Crippen molar-refractivity contribution in [1.29, 1.82) is 0 Å². The van der Waals surface area contributed by atoms with Gasteiger partial charge in [-0.1, -0.05) is 11.2 Å². The maximum atomic E-state index is 5.59. The van der Waals surface area contributed by atoms with E-state index in [-0.39, 0.29) is 0 Å². The van der Waals surface area contributed by atoms with Gasteiger partial charge in [-0.25, -0.2) is 9.97 Å². The van der Waals surface area contributed by atoms with Crippen molar-refractivity contribution < 1.29 is 9.26 Å². The second-order valence-corrected chi connectivity index (χ2v) is 8.82. The van der Waals surface area contributed by atoms with Crippen LogP contribution in [0.2, 0.25) is 0 Å². The van der Waals surface area contributed by atoms with Gasteiger partial charge in [0.2, 0.25) is 0 Å². The van der Waals surface area contributed by atoms with Gasteiger partial charge in [0, 0.05) is 22.9 Å². The molecule has 7 heteroatoms. The Morgan fingerprint density at radius 2 is 1.89 bits per heavy atom. The van der Waals surface area contributed by atoms with Crippen molar-refractivity contribution in [3.63, 3.8) is 0 Å². The van der Waals surface area contributed by atoms with Crippen LogP contribution in [0.4, 0.5) is 0 Å². The fraction of sp³-hybridized carbons (Fsp3) is 0.286. The second-order valence-electron chi connectivity index (χ2n) is 6.68. The molecule has 144 valence electrons. The molecule has 1 aromatic carbocycles. The maximum absolute atomic E-state index is 5.59. The quantitative estimate of drug-likeness (QED) is 0.418. The summed E-state index contributed by atoms with van der Waals surface area (Å²) in [5.41, 5.74) is 6.15. The zero-order valence-corrected chi connectivity index (χ0v) is 18.1. The van der Waals surface area contributed by atoms with E-state index < -0.39 is 0 Å². The molecule has 4 aromatic rings. The lowest BCUT2D eigenvalue weighted by atomic mass is 10.00. The van der Waals surface area contributed by atoms with Crippen LogP contribution in [-0.2, 0) is 6.42 Å². The molecule has 4 rings (SSSR count). The number of ether oxygens (including phenoxy) is 1. The van der Waals surface area contributed by atoms with Crippen LogP contribution in [-0.4, -0.2) is 22.2 Å². The van der Waals surface area contributed by atoms with Crippen molar-refractivity contribution in [1.82, 2.24) is 15.1 Å². The smallest absolute Gasteiger partial charge is 0.141 e. The number of thiazole rings is 2. The monoisotopic (exact) mass is 411 g/mol. The highest BCUT2D eigenvalue weighted by atomic mass is 32.1. The Hall–Kier alpha value is -2.51. The third-order valence-electron chi connectivity index (χ3n) is 4.63. The van der Waals surface area contributed by atoms with Gasteiger partial charge in [-0.3, -0.25) is 0 Å². The summed E-state index contributed by atoms with van der Waals surface area (Å²) in [6.45, 7) is 7.96. The van der Waals surface area contributed by atoms with Crippen molar-refractivity contribution in [3.8, 4) is 27.4 Å². The lowest BCUT2D eigenvalue weighted by Gasteiger charge is -2.10. The predicted octanol–water partition coefficient (Wildman–Crippen LogP) is 5.75. The average molecular weight is 412 g/mol. The summed E-state index contributed by atoms with van der Waals surface area (Å²) in [5.74, 6) is 1.68. The second kappa shape index (κ2) is 7.48. The Bertz CT molecular complexity index is 1120. The molecule has 0 atom stereocenters. The Kier molecular flexibility index (Phi) is 5.03. The van der Waals surface area contributed by atoms with Crippen LogP contribution in [0.15, 0.2) is 28.1 Å². The van der Waals surface area contributed by atoms with Gasteiger partial charge < -0.3 is 9.26 Å².